The fraction of sp³-hybridized carbons (Fsp3) is 0.550. The van der Waals surface area contributed by atoms with E-state index in [0.717, 1.165) is 30.5 Å². The lowest BCUT2D eigenvalue weighted by Gasteiger charge is -2.31. The molecule has 27 heavy (non-hydrogen) atoms. The number of nitrogens with one attached hydrogen (secondary N) is 1. The minimum atomic E-state index is -0.0165. The molecule has 2 heterocycles. The largest absolute Gasteiger partial charge is 0.383 e. The van der Waals surface area contributed by atoms with E-state index in [9.17, 15) is 4.79 Å². The molecule has 2 aromatic rings. The van der Waals surface area contributed by atoms with Crippen molar-refractivity contribution in [1.82, 2.24) is 20.4 Å². The van der Waals surface area contributed by atoms with Gasteiger partial charge in [0.05, 0.1) is 19.1 Å². The van der Waals surface area contributed by atoms with Crippen LogP contribution in [-0.4, -0.2) is 53.8 Å². The quantitative estimate of drug-likeness (QED) is 0.804. The van der Waals surface area contributed by atoms with Crippen LogP contribution in [0.2, 0.25) is 0 Å². The fourth-order valence-electron chi connectivity index (χ4n) is 3.48. The first-order valence-electron chi connectivity index (χ1n) is 9.46. The third-order valence-electron chi connectivity index (χ3n) is 4.78. The number of benzene rings is 1. The number of aromatic nitrogens is 2. The Morgan fingerprint density at radius 2 is 2.33 bits per heavy atom. The number of likely N-dealkylation sites (tertiary alicyclic amines) is 1. The minimum absolute atomic E-state index is 0.0165. The second-order valence-corrected chi connectivity index (χ2v) is 7.32. The van der Waals surface area contributed by atoms with Crippen LogP contribution in [0.4, 0.5) is 0 Å². The van der Waals surface area contributed by atoms with Crippen molar-refractivity contribution in [2.45, 2.75) is 39.3 Å². The second-order valence-electron chi connectivity index (χ2n) is 7.32. The molecule has 1 aromatic carbocycles. The van der Waals surface area contributed by atoms with E-state index in [-0.39, 0.29) is 17.9 Å². The number of amides is 1. The van der Waals surface area contributed by atoms with Crippen LogP contribution in [0.3, 0.4) is 0 Å². The number of ether oxygens (including phenoxy) is 1. The summed E-state index contributed by atoms with van der Waals surface area (Å²) in [5.41, 5.74) is 2.11. The van der Waals surface area contributed by atoms with Crippen LogP contribution in [0.5, 0.6) is 0 Å². The first kappa shape index (κ1) is 19.5. The Balaban J connectivity index is 1.57. The Morgan fingerprint density at radius 3 is 3.11 bits per heavy atom. The predicted molar refractivity (Wildman–Crippen MR) is 102 cm³/mol. The number of carbonyl (C=O) groups excluding carboxylic acids is 1. The lowest BCUT2D eigenvalue weighted by molar-refractivity contribution is -0.127. The second kappa shape index (κ2) is 9.10. The molecule has 146 valence electrons. The van der Waals surface area contributed by atoms with Crippen LogP contribution in [0, 0.1) is 12.8 Å². The Hall–Kier alpha value is -2.25. The highest BCUT2D eigenvalue weighted by Gasteiger charge is 2.27. The van der Waals surface area contributed by atoms with Crippen molar-refractivity contribution < 1.29 is 14.1 Å². The topological polar surface area (TPSA) is 80.5 Å². The van der Waals surface area contributed by atoms with Gasteiger partial charge in [0.25, 0.3) is 0 Å². The maximum Gasteiger partial charge on any atom is 0.241 e. The Kier molecular flexibility index (Phi) is 6.58. The third kappa shape index (κ3) is 5.37. The molecule has 0 spiro atoms. The Labute approximate surface area is 160 Å². The number of piperidine rings is 1. The van der Waals surface area contributed by atoms with Crippen molar-refractivity contribution in [1.29, 1.82) is 0 Å². The van der Waals surface area contributed by atoms with Gasteiger partial charge in [-0.25, -0.2) is 0 Å². The molecule has 0 bridgehead atoms. The third-order valence-corrected chi connectivity index (χ3v) is 4.78. The maximum absolute atomic E-state index is 12.5. The molecule has 1 aromatic heterocycles. The van der Waals surface area contributed by atoms with E-state index >= 15 is 0 Å². The van der Waals surface area contributed by atoms with E-state index in [0.29, 0.717) is 31.4 Å². The van der Waals surface area contributed by atoms with Gasteiger partial charge >= 0.3 is 0 Å². The Morgan fingerprint density at radius 1 is 1.48 bits per heavy atom. The van der Waals surface area contributed by atoms with Gasteiger partial charge in [-0.3, -0.25) is 9.69 Å². The van der Waals surface area contributed by atoms with Crippen molar-refractivity contribution in [2.24, 2.45) is 5.92 Å². The van der Waals surface area contributed by atoms with Gasteiger partial charge in [0.2, 0.25) is 17.6 Å². The molecule has 7 heteroatoms. The number of aryl methyl sites for hydroxylation is 1. The van der Waals surface area contributed by atoms with Gasteiger partial charge in [0, 0.05) is 25.3 Å². The lowest BCUT2D eigenvalue weighted by atomic mass is 9.97. The molecule has 1 fully saturated rings. The number of rotatable bonds is 7. The van der Waals surface area contributed by atoms with Crippen LogP contribution in [0.1, 0.15) is 31.2 Å². The molecular formula is C20H28N4O3. The molecule has 1 aliphatic rings. The number of hydrogen-bond donors (Lipinski definition) is 1. The summed E-state index contributed by atoms with van der Waals surface area (Å²) in [4.78, 5) is 19.2. The van der Waals surface area contributed by atoms with Gasteiger partial charge < -0.3 is 14.6 Å². The maximum atomic E-state index is 12.5. The molecule has 2 atom stereocenters. The van der Waals surface area contributed by atoms with Gasteiger partial charge in [0.1, 0.15) is 0 Å². The summed E-state index contributed by atoms with van der Waals surface area (Å²) in [6.07, 6.45) is 1.88. The zero-order valence-corrected chi connectivity index (χ0v) is 16.3. The summed E-state index contributed by atoms with van der Waals surface area (Å²) in [5, 5.41) is 7.12. The molecule has 7 nitrogen and oxygen atoms in total. The SMILES string of the molecule is COCC(C)NC(=O)C1CCCN(Cc2nc(-c3cccc(C)c3)no2)C1. The first-order chi connectivity index (χ1) is 13.0. The standard InChI is InChI=1S/C20H28N4O3/c1-14-6-4-7-16(10-14)19-22-18(27-23-19)12-24-9-5-8-17(11-24)20(25)21-15(2)13-26-3/h4,6-7,10,15,17H,5,8-9,11-13H2,1-3H3,(H,21,25). The molecule has 2 unspecified atom stereocenters. The molecule has 1 N–H and O–H groups in total. The van der Waals surface area contributed by atoms with Crippen LogP contribution >= 0.6 is 0 Å². The molecule has 1 aliphatic heterocycles. The van der Waals surface area contributed by atoms with E-state index in [2.05, 4.69) is 20.4 Å². The van der Waals surface area contributed by atoms with Gasteiger partial charge in [-0.15, -0.1) is 0 Å². The van der Waals surface area contributed by atoms with Crippen LogP contribution in [-0.2, 0) is 16.1 Å². The molecule has 3 rings (SSSR count). The number of hydrogen-bond acceptors (Lipinski definition) is 6. The molecule has 1 saturated heterocycles. The highest BCUT2D eigenvalue weighted by Crippen LogP contribution is 2.21. The summed E-state index contributed by atoms with van der Waals surface area (Å²) in [7, 11) is 1.64. The molecule has 0 aliphatic carbocycles. The smallest absolute Gasteiger partial charge is 0.241 e. The van der Waals surface area contributed by atoms with Gasteiger partial charge in [-0.1, -0.05) is 28.9 Å². The fourth-order valence-corrected chi connectivity index (χ4v) is 3.48. The Bertz CT molecular complexity index is 761. The van der Waals surface area contributed by atoms with E-state index in [4.69, 9.17) is 9.26 Å². The number of methoxy groups -OCH3 is 1. The molecule has 0 saturated carbocycles. The summed E-state index contributed by atoms with van der Waals surface area (Å²) in [6, 6.07) is 8.06. The van der Waals surface area contributed by atoms with Gasteiger partial charge in [0.15, 0.2) is 0 Å². The van der Waals surface area contributed by atoms with Crippen molar-refractivity contribution in [3.05, 3.63) is 35.7 Å². The van der Waals surface area contributed by atoms with Gasteiger partial charge in [-0.05, 0) is 39.3 Å². The van der Waals surface area contributed by atoms with Crippen LogP contribution < -0.4 is 5.32 Å². The molecular weight excluding hydrogens is 344 g/mol. The van der Waals surface area contributed by atoms with Crippen molar-refractivity contribution in [2.75, 3.05) is 26.8 Å². The normalized spacial score (nSPS) is 19.0. The van der Waals surface area contributed by atoms with Gasteiger partial charge in [-0.2, -0.15) is 4.98 Å². The van der Waals surface area contributed by atoms with E-state index in [1.807, 2.05) is 38.1 Å². The van der Waals surface area contributed by atoms with Crippen molar-refractivity contribution >= 4 is 5.91 Å². The number of nitrogens with zero attached hydrogens (tertiary/aromatic N) is 3. The lowest BCUT2D eigenvalue weighted by Crippen LogP contribution is -2.46. The summed E-state index contributed by atoms with van der Waals surface area (Å²) < 4.78 is 10.5. The predicted octanol–water partition coefficient (Wildman–Crippen LogP) is 2.41. The van der Waals surface area contributed by atoms with Crippen molar-refractivity contribution in [3.63, 3.8) is 0 Å². The zero-order valence-electron chi connectivity index (χ0n) is 16.3. The van der Waals surface area contributed by atoms with E-state index in [1.165, 1.54) is 0 Å². The molecule has 1 amide bonds. The monoisotopic (exact) mass is 372 g/mol. The van der Waals surface area contributed by atoms with Crippen molar-refractivity contribution in [3.8, 4) is 11.4 Å². The number of carbonyl (C=O) groups is 1. The van der Waals surface area contributed by atoms with E-state index in [1.54, 1.807) is 7.11 Å². The van der Waals surface area contributed by atoms with Crippen LogP contribution in [0.15, 0.2) is 28.8 Å². The van der Waals surface area contributed by atoms with Crippen LogP contribution in [0.25, 0.3) is 11.4 Å². The average molecular weight is 372 g/mol. The highest BCUT2D eigenvalue weighted by atomic mass is 16.5. The zero-order chi connectivity index (χ0) is 19.2. The first-order valence-corrected chi connectivity index (χ1v) is 9.46. The minimum Gasteiger partial charge on any atom is -0.383 e. The molecule has 0 radical (unpaired) electrons. The summed E-state index contributed by atoms with van der Waals surface area (Å²) >= 11 is 0. The summed E-state index contributed by atoms with van der Waals surface area (Å²) in [6.45, 7) is 6.71. The summed E-state index contributed by atoms with van der Waals surface area (Å²) in [5.74, 6) is 1.26. The average Bonchev–Trinajstić information content (AvgIpc) is 3.10. The van der Waals surface area contributed by atoms with E-state index < -0.39 is 0 Å². The highest BCUT2D eigenvalue weighted by molar-refractivity contribution is 5.79.